The molecule has 0 bridgehead atoms. The van der Waals surface area contributed by atoms with E-state index < -0.39 is 0 Å². The van der Waals surface area contributed by atoms with Crippen molar-refractivity contribution in [3.8, 4) is 0 Å². The van der Waals surface area contributed by atoms with Gasteiger partial charge in [0.1, 0.15) is 0 Å². The number of benzene rings is 2. The number of nitrogens with zero attached hydrogens (tertiary/aromatic N) is 2. The zero-order valence-electron chi connectivity index (χ0n) is 15.5. The van der Waals surface area contributed by atoms with Gasteiger partial charge in [-0.05, 0) is 44.9 Å². The molecule has 1 amide bonds. The number of rotatable bonds is 4. The first-order valence-electron chi connectivity index (χ1n) is 9.20. The van der Waals surface area contributed by atoms with Crippen LogP contribution in [0.2, 0.25) is 0 Å². The lowest BCUT2D eigenvalue weighted by molar-refractivity contribution is 0.0311. The Labute approximate surface area is 151 Å². The summed E-state index contributed by atoms with van der Waals surface area (Å²) in [5, 5.41) is 0. The van der Waals surface area contributed by atoms with Gasteiger partial charge >= 0.3 is 0 Å². The van der Waals surface area contributed by atoms with Gasteiger partial charge in [-0.3, -0.25) is 9.69 Å². The van der Waals surface area contributed by atoms with Crippen LogP contribution in [-0.4, -0.2) is 47.4 Å². The first kappa shape index (κ1) is 17.7. The Balaban J connectivity index is 1.61. The van der Waals surface area contributed by atoms with E-state index in [2.05, 4.69) is 49.1 Å². The summed E-state index contributed by atoms with van der Waals surface area (Å²) >= 11 is 0. The molecular weight excluding hydrogens is 308 g/mol. The molecule has 2 unspecified atom stereocenters. The van der Waals surface area contributed by atoms with Gasteiger partial charge in [-0.1, -0.05) is 48.0 Å². The molecule has 1 aliphatic rings. The van der Waals surface area contributed by atoms with Crippen molar-refractivity contribution < 1.29 is 4.79 Å². The number of carbonyl (C=O) groups is 1. The summed E-state index contributed by atoms with van der Waals surface area (Å²) in [7, 11) is 0. The normalized spacial score (nSPS) is 21.3. The van der Waals surface area contributed by atoms with Gasteiger partial charge in [0.15, 0.2) is 0 Å². The molecule has 0 saturated carbocycles. The van der Waals surface area contributed by atoms with E-state index in [1.165, 1.54) is 11.1 Å². The van der Waals surface area contributed by atoms with Crippen LogP contribution < -0.4 is 0 Å². The highest BCUT2D eigenvalue weighted by molar-refractivity contribution is 5.94. The lowest BCUT2D eigenvalue weighted by Crippen LogP contribution is -2.58. The number of aryl methyl sites for hydroxylation is 1. The van der Waals surface area contributed by atoms with Crippen LogP contribution in [0.15, 0.2) is 54.6 Å². The maximum Gasteiger partial charge on any atom is 0.253 e. The summed E-state index contributed by atoms with van der Waals surface area (Å²) in [5.41, 5.74) is 3.35. The summed E-state index contributed by atoms with van der Waals surface area (Å²) < 4.78 is 0. The van der Waals surface area contributed by atoms with Crippen molar-refractivity contribution in [2.45, 2.75) is 39.3 Å². The van der Waals surface area contributed by atoms with Crippen LogP contribution in [0, 0.1) is 6.92 Å². The Kier molecular flexibility index (Phi) is 5.54. The number of carbonyl (C=O) groups excluding carboxylic acids is 1. The number of hydrogen-bond acceptors (Lipinski definition) is 2. The van der Waals surface area contributed by atoms with Crippen LogP contribution in [0.25, 0.3) is 0 Å². The topological polar surface area (TPSA) is 23.6 Å². The smallest absolute Gasteiger partial charge is 0.253 e. The van der Waals surface area contributed by atoms with E-state index in [-0.39, 0.29) is 5.91 Å². The molecule has 3 rings (SSSR count). The summed E-state index contributed by atoms with van der Waals surface area (Å²) in [4.78, 5) is 17.3. The van der Waals surface area contributed by atoms with Gasteiger partial charge in [0.05, 0.1) is 0 Å². The lowest BCUT2D eigenvalue weighted by atomic mass is 10.0. The third-order valence-electron chi connectivity index (χ3n) is 5.19. The zero-order chi connectivity index (χ0) is 17.8. The molecule has 1 fully saturated rings. The Morgan fingerprint density at radius 2 is 1.56 bits per heavy atom. The summed E-state index contributed by atoms with van der Waals surface area (Å²) in [6.07, 6.45) is 1.06. The Morgan fingerprint density at radius 1 is 0.960 bits per heavy atom. The van der Waals surface area contributed by atoms with Crippen LogP contribution in [-0.2, 0) is 6.42 Å². The van der Waals surface area contributed by atoms with E-state index >= 15 is 0 Å². The Hall–Kier alpha value is -2.13. The second-order valence-corrected chi connectivity index (χ2v) is 7.25. The molecule has 3 nitrogen and oxygen atoms in total. The van der Waals surface area contributed by atoms with E-state index in [1.54, 1.807) is 0 Å². The largest absolute Gasteiger partial charge is 0.336 e. The number of piperazine rings is 1. The SMILES string of the molecule is Cc1ccc(C(=O)N2CC(C)N(CCc3ccccc3)C(C)C2)cc1. The second-order valence-electron chi connectivity index (χ2n) is 7.25. The minimum absolute atomic E-state index is 0.154. The molecule has 1 heterocycles. The van der Waals surface area contributed by atoms with E-state index in [4.69, 9.17) is 0 Å². The Morgan fingerprint density at radius 3 is 2.16 bits per heavy atom. The molecule has 132 valence electrons. The van der Waals surface area contributed by atoms with Crippen LogP contribution in [0.3, 0.4) is 0 Å². The maximum absolute atomic E-state index is 12.8. The van der Waals surface area contributed by atoms with Crippen molar-refractivity contribution >= 4 is 5.91 Å². The maximum atomic E-state index is 12.8. The van der Waals surface area contributed by atoms with Crippen molar-refractivity contribution in [2.75, 3.05) is 19.6 Å². The van der Waals surface area contributed by atoms with Crippen molar-refractivity contribution in [1.29, 1.82) is 0 Å². The number of amides is 1. The fourth-order valence-corrected chi connectivity index (χ4v) is 3.74. The first-order chi connectivity index (χ1) is 12.0. The van der Waals surface area contributed by atoms with Gasteiger partial charge in [-0.15, -0.1) is 0 Å². The molecule has 2 aromatic rings. The summed E-state index contributed by atoms with van der Waals surface area (Å²) in [6.45, 7) is 9.15. The van der Waals surface area contributed by atoms with Gasteiger partial charge < -0.3 is 4.90 Å². The summed E-state index contributed by atoms with van der Waals surface area (Å²) in [6, 6.07) is 19.3. The molecule has 0 aromatic heterocycles. The first-order valence-corrected chi connectivity index (χ1v) is 9.20. The average molecular weight is 336 g/mol. The van der Waals surface area contributed by atoms with E-state index in [9.17, 15) is 4.79 Å². The monoisotopic (exact) mass is 336 g/mol. The quantitative estimate of drug-likeness (QED) is 0.848. The molecule has 2 atom stereocenters. The second kappa shape index (κ2) is 7.83. The fraction of sp³-hybridized carbons (Fsp3) is 0.409. The zero-order valence-corrected chi connectivity index (χ0v) is 15.5. The predicted octanol–water partition coefficient (Wildman–Crippen LogP) is 3.77. The van der Waals surface area contributed by atoms with Crippen molar-refractivity contribution in [1.82, 2.24) is 9.80 Å². The van der Waals surface area contributed by atoms with E-state index in [0.717, 1.165) is 31.6 Å². The van der Waals surface area contributed by atoms with Gasteiger partial charge in [-0.25, -0.2) is 0 Å². The van der Waals surface area contributed by atoms with E-state index in [0.29, 0.717) is 12.1 Å². The molecular formula is C22H28N2O. The average Bonchev–Trinajstić information content (AvgIpc) is 2.62. The standard InChI is InChI=1S/C22H28N2O/c1-17-9-11-21(12-10-17)22(25)23-15-18(2)24(19(3)16-23)14-13-20-7-5-4-6-8-20/h4-12,18-19H,13-16H2,1-3H3. The predicted molar refractivity (Wildman–Crippen MR) is 103 cm³/mol. The molecule has 2 aromatic carbocycles. The fourth-order valence-electron chi connectivity index (χ4n) is 3.74. The van der Waals surface area contributed by atoms with Crippen LogP contribution in [0.1, 0.15) is 35.3 Å². The van der Waals surface area contributed by atoms with Crippen molar-refractivity contribution in [3.63, 3.8) is 0 Å². The minimum atomic E-state index is 0.154. The van der Waals surface area contributed by atoms with Crippen molar-refractivity contribution in [2.24, 2.45) is 0 Å². The highest BCUT2D eigenvalue weighted by atomic mass is 16.2. The molecule has 3 heteroatoms. The van der Waals surface area contributed by atoms with Gasteiger partial charge in [-0.2, -0.15) is 0 Å². The van der Waals surface area contributed by atoms with Gasteiger partial charge in [0, 0.05) is 37.3 Å². The highest BCUT2D eigenvalue weighted by Crippen LogP contribution is 2.19. The van der Waals surface area contributed by atoms with Gasteiger partial charge in [0.25, 0.3) is 5.91 Å². The third-order valence-corrected chi connectivity index (χ3v) is 5.19. The third kappa shape index (κ3) is 4.29. The van der Waals surface area contributed by atoms with E-state index in [1.807, 2.05) is 36.1 Å². The minimum Gasteiger partial charge on any atom is -0.336 e. The van der Waals surface area contributed by atoms with Crippen LogP contribution >= 0.6 is 0 Å². The van der Waals surface area contributed by atoms with Gasteiger partial charge in [0.2, 0.25) is 0 Å². The van der Waals surface area contributed by atoms with Crippen LogP contribution in [0.5, 0.6) is 0 Å². The molecule has 1 saturated heterocycles. The highest BCUT2D eigenvalue weighted by Gasteiger charge is 2.31. The number of hydrogen-bond donors (Lipinski definition) is 0. The molecule has 25 heavy (non-hydrogen) atoms. The van der Waals surface area contributed by atoms with Crippen LogP contribution in [0.4, 0.5) is 0 Å². The Bertz CT molecular complexity index is 684. The lowest BCUT2D eigenvalue weighted by Gasteiger charge is -2.44. The molecule has 0 radical (unpaired) electrons. The summed E-state index contributed by atoms with van der Waals surface area (Å²) in [5.74, 6) is 0.154. The van der Waals surface area contributed by atoms with Crippen molar-refractivity contribution in [3.05, 3.63) is 71.3 Å². The molecule has 0 spiro atoms. The molecule has 0 aliphatic carbocycles. The molecule has 0 N–H and O–H groups in total. The molecule has 1 aliphatic heterocycles.